The number of rotatable bonds is 5. The van der Waals surface area contributed by atoms with Crippen LogP contribution < -0.4 is 11.0 Å². The number of aromatic nitrogens is 4. The average molecular weight is 373 g/mol. The van der Waals surface area contributed by atoms with E-state index < -0.39 is 17.6 Å². The first-order valence-corrected chi connectivity index (χ1v) is 8.43. The van der Waals surface area contributed by atoms with Crippen molar-refractivity contribution in [2.24, 2.45) is 0 Å². The summed E-state index contributed by atoms with van der Waals surface area (Å²) in [6.07, 6.45) is 0. The standard InChI is InChI=1S/C16H15N5O4S/c1-10-11(15(23)25-2)5-3-6-12(10)17-13(22)9-20-16(24)21(19-18-20)14-7-4-8-26-14/h3-8H,9H2,1-2H3,(H,17,22). The van der Waals surface area contributed by atoms with Gasteiger partial charge in [0.05, 0.1) is 12.7 Å². The number of methoxy groups -OCH3 is 1. The first-order chi connectivity index (χ1) is 12.5. The van der Waals surface area contributed by atoms with Crippen LogP contribution >= 0.6 is 11.3 Å². The second-order valence-electron chi connectivity index (χ2n) is 5.30. The summed E-state index contributed by atoms with van der Waals surface area (Å²) >= 11 is 1.34. The predicted octanol–water partition coefficient (Wildman–Crippen LogP) is 1.22. The van der Waals surface area contributed by atoms with Crippen LogP contribution in [0.4, 0.5) is 5.69 Å². The van der Waals surface area contributed by atoms with E-state index in [4.69, 9.17) is 4.74 Å². The number of hydrogen-bond donors (Lipinski definition) is 1. The molecule has 0 atom stereocenters. The Morgan fingerprint density at radius 2 is 2.04 bits per heavy atom. The molecule has 3 aromatic rings. The zero-order valence-electron chi connectivity index (χ0n) is 14.0. The number of ether oxygens (including phenoxy) is 1. The lowest BCUT2D eigenvalue weighted by atomic mass is 10.1. The number of anilines is 1. The lowest BCUT2D eigenvalue weighted by Gasteiger charge is -2.11. The largest absolute Gasteiger partial charge is 0.465 e. The maximum Gasteiger partial charge on any atom is 0.369 e. The van der Waals surface area contributed by atoms with E-state index in [-0.39, 0.29) is 6.54 Å². The Kier molecular flexibility index (Phi) is 4.94. The van der Waals surface area contributed by atoms with Crippen LogP contribution in [0.1, 0.15) is 15.9 Å². The number of carbonyl (C=O) groups excluding carboxylic acids is 2. The van der Waals surface area contributed by atoms with Gasteiger partial charge in [0.25, 0.3) is 0 Å². The third kappa shape index (κ3) is 3.40. The number of nitrogens with zero attached hydrogens (tertiary/aromatic N) is 4. The number of esters is 1. The fraction of sp³-hybridized carbons (Fsp3) is 0.188. The molecule has 1 N–H and O–H groups in total. The Bertz CT molecular complexity index is 1010. The minimum atomic E-state index is -0.511. The van der Waals surface area contributed by atoms with E-state index in [1.807, 2.05) is 5.38 Å². The Hall–Kier alpha value is -3.27. The lowest BCUT2D eigenvalue weighted by molar-refractivity contribution is -0.117. The van der Waals surface area contributed by atoms with Gasteiger partial charge in [-0.2, -0.15) is 9.36 Å². The molecule has 10 heteroatoms. The van der Waals surface area contributed by atoms with Gasteiger partial charge in [-0.1, -0.05) is 6.07 Å². The van der Waals surface area contributed by atoms with Gasteiger partial charge in [-0.25, -0.2) is 9.59 Å². The van der Waals surface area contributed by atoms with Gasteiger partial charge in [0, 0.05) is 5.69 Å². The van der Waals surface area contributed by atoms with Crippen molar-refractivity contribution in [3.63, 3.8) is 0 Å². The second-order valence-corrected chi connectivity index (χ2v) is 6.23. The summed E-state index contributed by atoms with van der Waals surface area (Å²) in [4.78, 5) is 36.3. The lowest BCUT2D eigenvalue weighted by Crippen LogP contribution is -2.29. The molecule has 1 amide bonds. The number of amides is 1. The summed E-state index contributed by atoms with van der Waals surface area (Å²) in [5, 5.41) is 12.6. The van der Waals surface area contributed by atoms with Gasteiger partial charge >= 0.3 is 11.7 Å². The van der Waals surface area contributed by atoms with Gasteiger partial charge < -0.3 is 10.1 Å². The first-order valence-electron chi connectivity index (χ1n) is 7.55. The normalized spacial score (nSPS) is 10.5. The molecular formula is C16H15N5O4S. The molecular weight excluding hydrogens is 358 g/mol. The molecule has 0 fully saturated rings. The van der Waals surface area contributed by atoms with Crippen LogP contribution in [-0.2, 0) is 16.1 Å². The fourth-order valence-electron chi connectivity index (χ4n) is 2.33. The highest BCUT2D eigenvalue weighted by Gasteiger charge is 2.16. The van der Waals surface area contributed by atoms with Crippen molar-refractivity contribution in [2.75, 3.05) is 12.4 Å². The highest BCUT2D eigenvalue weighted by atomic mass is 32.1. The Balaban J connectivity index is 1.76. The summed E-state index contributed by atoms with van der Waals surface area (Å²) in [6.45, 7) is 1.40. The molecule has 0 aliphatic rings. The number of thiophene rings is 1. The maximum absolute atomic E-state index is 12.3. The topological polar surface area (TPSA) is 108 Å². The van der Waals surface area contributed by atoms with Crippen LogP contribution in [0.5, 0.6) is 0 Å². The van der Waals surface area contributed by atoms with Crippen LogP contribution in [0.15, 0.2) is 40.5 Å². The van der Waals surface area contributed by atoms with Crippen LogP contribution in [0.2, 0.25) is 0 Å². The van der Waals surface area contributed by atoms with Crippen molar-refractivity contribution in [1.29, 1.82) is 0 Å². The van der Waals surface area contributed by atoms with E-state index >= 15 is 0 Å². The monoisotopic (exact) mass is 373 g/mol. The molecule has 134 valence electrons. The minimum Gasteiger partial charge on any atom is -0.465 e. The molecule has 0 saturated carbocycles. The summed E-state index contributed by atoms with van der Waals surface area (Å²) in [5.41, 5.74) is 0.868. The van der Waals surface area contributed by atoms with E-state index in [9.17, 15) is 14.4 Å². The first kappa shape index (κ1) is 17.5. The molecule has 0 aliphatic carbocycles. The SMILES string of the molecule is COC(=O)c1cccc(NC(=O)Cn2nnn(-c3cccs3)c2=O)c1C. The smallest absolute Gasteiger partial charge is 0.369 e. The molecule has 2 heterocycles. The van der Waals surface area contributed by atoms with E-state index in [0.717, 1.165) is 9.36 Å². The van der Waals surface area contributed by atoms with Gasteiger partial charge in [0.1, 0.15) is 11.5 Å². The molecule has 2 aromatic heterocycles. The van der Waals surface area contributed by atoms with Crippen molar-refractivity contribution in [2.45, 2.75) is 13.5 Å². The van der Waals surface area contributed by atoms with Crippen LogP contribution in [-0.4, -0.2) is 38.8 Å². The van der Waals surface area contributed by atoms with Crippen LogP contribution in [0.3, 0.4) is 0 Å². The van der Waals surface area contributed by atoms with Crippen LogP contribution in [0, 0.1) is 6.92 Å². The summed E-state index contributed by atoms with van der Waals surface area (Å²) in [5.74, 6) is -0.954. The molecule has 9 nitrogen and oxygen atoms in total. The highest BCUT2D eigenvalue weighted by Crippen LogP contribution is 2.19. The molecule has 0 spiro atoms. The number of nitrogens with one attached hydrogen (secondary N) is 1. The molecule has 1 aromatic carbocycles. The zero-order valence-corrected chi connectivity index (χ0v) is 14.8. The van der Waals surface area contributed by atoms with Gasteiger partial charge in [0.15, 0.2) is 0 Å². The Morgan fingerprint density at radius 1 is 1.23 bits per heavy atom. The summed E-state index contributed by atoms with van der Waals surface area (Å²) < 4.78 is 6.80. The molecule has 0 bridgehead atoms. The number of hydrogen-bond acceptors (Lipinski definition) is 7. The maximum atomic E-state index is 12.3. The zero-order chi connectivity index (χ0) is 18.7. The van der Waals surface area contributed by atoms with Crippen molar-refractivity contribution >= 4 is 28.9 Å². The van der Waals surface area contributed by atoms with E-state index in [2.05, 4.69) is 15.7 Å². The molecule has 0 radical (unpaired) electrons. The third-order valence-corrected chi connectivity index (χ3v) is 4.50. The quantitative estimate of drug-likeness (QED) is 0.674. The number of carbonyl (C=O) groups is 2. The Morgan fingerprint density at radius 3 is 2.73 bits per heavy atom. The van der Waals surface area contributed by atoms with Crippen LogP contribution in [0.25, 0.3) is 5.00 Å². The van der Waals surface area contributed by atoms with Gasteiger partial charge in [-0.3, -0.25) is 4.79 Å². The minimum absolute atomic E-state index is 0.300. The summed E-state index contributed by atoms with van der Waals surface area (Å²) in [6, 6.07) is 8.41. The van der Waals surface area contributed by atoms with Crippen molar-refractivity contribution in [3.8, 4) is 5.00 Å². The third-order valence-electron chi connectivity index (χ3n) is 3.66. The van der Waals surface area contributed by atoms with E-state index in [0.29, 0.717) is 21.8 Å². The predicted molar refractivity (Wildman–Crippen MR) is 94.6 cm³/mol. The molecule has 0 unspecified atom stereocenters. The molecule has 26 heavy (non-hydrogen) atoms. The van der Waals surface area contributed by atoms with Gasteiger partial charge in [-0.15, -0.1) is 11.3 Å². The van der Waals surface area contributed by atoms with Crippen molar-refractivity contribution in [3.05, 3.63) is 57.3 Å². The second kappa shape index (κ2) is 7.31. The Labute approximate surface area is 151 Å². The van der Waals surface area contributed by atoms with E-state index in [1.165, 1.54) is 18.4 Å². The highest BCUT2D eigenvalue weighted by molar-refractivity contribution is 7.12. The molecule has 3 rings (SSSR count). The fourth-order valence-corrected chi connectivity index (χ4v) is 3.00. The van der Waals surface area contributed by atoms with Crippen molar-refractivity contribution in [1.82, 2.24) is 19.8 Å². The van der Waals surface area contributed by atoms with Gasteiger partial charge in [-0.05, 0) is 52.6 Å². The average Bonchev–Trinajstić information content (AvgIpc) is 3.27. The van der Waals surface area contributed by atoms with E-state index in [1.54, 1.807) is 37.3 Å². The van der Waals surface area contributed by atoms with Gasteiger partial charge in [0.2, 0.25) is 5.91 Å². The number of benzene rings is 1. The summed E-state index contributed by atoms with van der Waals surface area (Å²) in [7, 11) is 1.29. The number of tetrazole rings is 1. The molecule has 0 saturated heterocycles. The molecule has 0 aliphatic heterocycles. The van der Waals surface area contributed by atoms with Crippen molar-refractivity contribution < 1.29 is 14.3 Å².